The van der Waals surface area contributed by atoms with E-state index in [1.165, 1.54) is 5.69 Å². The second-order valence-corrected chi connectivity index (χ2v) is 5.22. The fraction of sp³-hybridized carbons (Fsp3) is 0.533. The first-order valence-corrected chi connectivity index (χ1v) is 6.89. The largest absolute Gasteiger partial charge is 0.371 e. The molecule has 1 aliphatic rings. The third-order valence-electron chi connectivity index (χ3n) is 4.05. The molecule has 4 heteroatoms. The Morgan fingerprint density at radius 3 is 2.37 bits per heavy atom. The maximum Gasteiger partial charge on any atom is 0.219 e. The normalized spacial score (nSPS) is 16.5. The van der Waals surface area contributed by atoms with Crippen molar-refractivity contribution in [2.75, 3.05) is 25.0 Å². The maximum absolute atomic E-state index is 11.4. The number of amides is 1. The van der Waals surface area contributed by atoms with Gasteiger partial charge in [-0.15, -0.1) is 0 Å². The zero-order valence-electron chi connectivity index (χ0n) is 11.8. The summed E-state index contributed by atoms with van der Waals surface area (Å²) in [6.07, 6.45) is 2.07. The maximum atomic E-state index is 11.4. The van der Waals surface area contributed by atoms with E-state index in [2.05, 4.69) is 29.2 Å². The first-order valence-electron chi connectivity index (χ1n) is 6.89. The number of nitrogens with zero attached hydrogens (tertiary/aromatic N) is 2. The molecule has 104 valence electrons. The van der Waals surface area contributed by atoms with Gasteiger partial charge in [-0.1, -0.05) is 12.1 Å². The summed E-state index contributed by atoms with van der Waals surface area (Å²) in [5.41, 5.74) is 8.02. The van der Waals surface area contributed by atoms with E-state index in [9.17, 15) is 4.79 Å². The summed E-state index contributed by atoms with van der Waals surface area (Å²) in [7, 11) is 1.90. The smallest absolute Gasteiger partial charge is 0.219 e. The second kappa shape index (κ2) is 6.06. The third kappa shape index (κ3) is 3.26. The molecule has 1 amide bonds. The summed E-state index contributed by atoms with van der Waals surface area (Å²) < 4.78 is 0. The lowest BCUT2D eigenvalue weighted by Crippen LogP contribution is -2.45. The van der Waals surface area contributed by atoms with Crippen molar-refractivity contribution in [3.8, 4) is 0 Å². The van der Waals surface area contributed by atoms with Crippen molar-refractivity contribution in [3.05, 3.63) is 29.8 Å². The van der Waals surface area contributed by atoms with Crippen molar-refractivity contribution in [1.82, 2.24) is 4.90 Å². The van der Waals surface area contributed by atoms with E-state index in [1.807, 2.05) is 11.9 Å². The van der Waals surface area contributed by atoms with Crippen molar-refractivity contribution in [2.45, 2.75) is 32.4 Å². The summed E-state index contributed by atoms with van der Waals surface area (Å²) in [6.45, 7) is 4.23. The van der Waals surface area contributed by atoms with Gasteiger partial charge in [-0.25, -0.2) is 0 Å². The molecule has 1 aromatic rings. The molecule has 2 rings (SSSR count). The molecule has 1 fully saturated rings. The molecule has 0 atom stereocenters. The molecule has 0 saturated carbocycles. The van der Waals surface area contributed by atoms with Gasteiger partial charge in [0.15, 0.2) is 0 Å². The van der Waals surface area contributed by atoms with Crippen LogP contribution >= 0.6 is 0 Å². The third-order valence-corrected chi connectivity index (χ3v) is 4.05. The van der Waals surface area contributed by atoms with Crippen molar-refractivity contribution in [2.24, 2.45) is 5.73 Å². The van der Waals surface area contributed by atoms with Crippen molar-refractivity contribution in [1.29, 1.82) is 0 Å². The van der Waals surface area contributed by atoms with E-state index in [0.717, 1.165) is 31.5 Å². The lowest BCUT2D eigenvalue weighted by molar-refractivity contribution is -0.129. The first-order chi connectivity index (χ1) is 9.11. The molecule has 0 aromatic heterocycles. The highest BCUT2D eigenvalue weighted by Crippen LogP contribution is 2.22. The van der Waals surface area contributed by atoms with Gasteiger partial charge in [0.1, 0.15) is 0 Å². The van der Waals surface area contributed by atoms with Crippen LogP contribution in [0.4, 0.5) is 5.69 Å². The van der Waals surface area contributed by atoms with Crippen molar-refractivity contribution >= 4 is 11.6 Å². The van der Waals surface area contributed by atoms with Gasteiger partial charge < -0.3 is 15.5 Å². The highest BCUT2D eigenvalue weighted by molar-refractivity contribution is 5.73. The lowest BCUT2D eigenvalue weighted by atomic mass is 10.0. The molecule has 2 N–H and O–H groups in total. The molecule has 1 saturated heterocycles. The Morgan fingerprint density at radius 1 is 1.32 bits per heavy atom. The van der Waals surface area contributed by atoms with Gasteiger partial charge in [-0.3, -0.25) is 4.79 Å². The van der Waals surface area contributed by atoms with Crippen LogP contribution in [0.25, 0.3) is 0 Å². The molecular weight excluding hydrogens is 238 g/mol. The first kappa shape index (κ1) is 13.9. The molecule has 1 aliphatic heterocycles. The second-order valence-electron chi connectivity index (χ2n) is 5.22. The number of benzene rings is 1. The Morgan fingerprint density at radius 2 is 1.89 bits per heavy atom. The molecular formula is C15H23N3O. The SMILES string of the molecule is CC(=O)N(C)C1CCN(c2ccc(CN)cc2)CC1. The minimum absolute atomic E-state index is 0.158. The van der Waals surface area contributed by atoms with Gasteiger partial charge >= 0.3 is 0 Å². The predicted octanol–water partition coefficient (Wildman–Crippen LogP) is 1.59. The highest BCUT2D eigenvalue weighted by atomic mass is 16.2. The summed E-state index contributed by atoms with van der Waals surface area (Å²) in [6, 6.07) is 8.83. The number of carbonyl (C=O) groups excluding carboxylic acids is 1. The van der Waals surface area contributed by atoms with Crippen LogP contribution in [0.2, 0.25) is 0 Å². The van der Waals surface area contributed by atoms with Crippen LogP contribution in [-0.4, -0.2) is 37.0 Å². The minimum Gasteiger partial charge on any atom is -0.371 e. The lowest BCUT2D eigenvalue weighted by Gasteiger charge is -2.37. The molecule has 0 bridgehead atoms. The quantitative estimate of drug-likeness (QED) is 0.899. The number of nitrogens with two attached hydrogens (primary N) is 1. The molecule has 1 aromatic carbocycles. The van der Waals surface area contributed by atoms with E-state index in [-0.39, 0.29) is 5.91 Å². The van der Waals surface area contributed by atoms with Gasteiger partial charge in [-0.2, -0.15) is 0 Å². The average molecular weight is 261 g/mol. The molecule has 0 aliphatic carbocycles. The zero-order valence-corrected chi connectivity index (χ0v) is 11.8. The number of hydrogen-bond donors (Lipinski definition) is 1. The van der Waals surface area contributed by atoms with Crippen LogP contribution in [0.5, 0.6) is 0 Å². The van der Waals surface area contributed by atoms with Crippen LogP contribution in [-0.2, 0) is 11.3 Å². The molecule has 0 spiro atoms. The molecule has 0 unspecified atom stereocenters. The number of hydrogen-bond acceptors (Lipinski definition) is 3. The number of carbonyl (C=O) groups is 1. The average Bonchev–Trinajstić information content (AvgIpc) is 2.46. The highest BCUT2D eigenvalue weighted by Gasteiger charge is 2.23. The fourth-order valence-corrected chi connectivity index (χ4v) is 2.61. The van der Waals surface area contributed by atoms with E-state index in [0.29, 0.717) is 12.6 Å². The van der Waals surface area contributed by atoms with E-state index < -0.39 is 0 Å². The van der Waals surface area contributed by atoms with E-state index >= 15 is 0 Å². The van der Waals surface area contributed by atoms with Gasteiger partial charge in [0.05, 0.1) is 0 Å². The summed E-state index contributed by atoms with van der Waals surface area (Å²) in [5, 5.41) is 0. The monoisotopic (exact) mass is 261 g/mol. The Hall–Kier alpha value is -1.55. The van der Waals surface area contributed by atoms with Crippen LogP contribution in [0, 0.1) is 0 Å². The summed E-state index contributed by atoms with van der Waals surface area (Å²) in [5.74, 6) is 0.158. The predicted molar refractivity (Wildman–Crippen MR) is 78.0 cm³/mol. The van der Waals surface area contributed by atoms with Crippen molar-refractivity contribution < 1.29 is 4.79 Å². The van der Waals surface area contributed by atoms with Gasteiger partial charge in [0, 0.05) is 45.3 Å². The number of anilines is 1. The molecule has 19 heavy (non-hydrogen) atoms. The Bertz CT molecular complexity index is 422. The number of rotatable bonds is 3. The van der Waals surface area contributed by atoms with Crippen LogP contribution in [0.15, 0.2) is 24.3 Å². The Kier molecular flexibility index (Phi) is 4.43. The van der Waals surface area contributed by atoms with E-state index in [1.54, 1.807) is 6.92 Å². The van der Waals surface area contributed by atoms with Crippen LogP contribution < -0.4 is 10.6 Å². The van der Waals surface area contributed by atoms with Gasteiger partial charge in [0.25, 0.3) is 0 Å². The topological polar surface area (TPSA) is 49.6 Å². The fourth-order valence-electron chi connectivity index (χ4n) is 2.61. The van der Waals surface area contributed by atoms with E-state index in [4.69, 9.17) is 5.73 Å². The molecule has 0 radical (unpaired) electrons. The van der Waals surface area contributed by atoms with Crippen LogP contribution in [0.1, 0.15) is 25.3 Å². The summed E-state index contributed by atoms with van der Waals surface area (Å²) in [4.78, 5) is 15.6. The Balaban J connectivity index is 1.93. The standard InChI is InChI=1S/C15H23N3O/c1-12(19)17(2)14-7-9-18(10-8-14)15-5-3-13(11-16)4-6-15/h3-6,14H,7-11,16H2,1-2H3. The number of piperidine rings is 1. The van der Waals surface area contributed by atoms with Crippen LogP contribution in [0.3, 0.4) is 0 Å². The molecule has 4 nitrogen and oxygen atoms in total. The Labute approximate surface area is 115 Å². The van der Waals surface area contributed by atoms with Crippen molar-refractivity contribution in [3.63, 3.8) is 0 Å². The van der Waals surface area contributed by atoms with Gasteiger partial charge in [-0.05, 0) is 30.5 Å². The molecule has 1 heterocycles. The van der Waals surface area contributed by atoms with Gasteiger partial charge in [0.2, 0.25) is 5.91 Å². The zero-order chi connectivity index (χ0) is 13.8. The summed E-state index contributed by atoms with van der Waals surface area (Å²) >= 11 is 0. The minimum atomic E-state index is 0.158.